The molecule has 3 fully saturated rings. The van der Waals surface area contributed by atoms with E-state index in [9.17, 15) is 47.1 Å². The number of allylic oxidation sites excluding steroid dienone is 1. The van der Waals surface area contributed by atoms with Gasteiger partial charge >= 0.3 is 11.9 Å². The van der Waals surface area contributed by atoms with Gasteiger partial charge < -0.3 is 45.9 Å². The van der Waals surface area contributed by atoms with Crippen molar-refractivity contribution in [2.45, 2.75) is 101 Å². The normalized spacial score (nSPS) is 24.1. The zero-order chi connectivity index (χ0) is 41.8. The fourth-order valence-corrected chi connectivity index (χ4v) is 6.98. The number of amides is 6. The molecule has 3 aliphatic heterocycles. The highest BCUT2D eigenvalue weighted by molar-refractivity contribution is 5.98. The Morgan fingerprint density at radius 1 is 1.00 bits per heavy atom. The first-order chi connectivity index (χ1) is 27.1. The topological polar surface area (TPSA) is 227 Å². The number of nitrogens with one attached hydrogen (secondary N) is 3. The highest BCUT2D eigenvalue weighted by Gasteiger charge is 2.44. The van der Waals surface area contributed by atoms with Crippen molar-refractivity contribution in [3.63, 3.8) is 0 Å². The fraction of sp³-hybridized carbons (Fsp3) is 0.579. The van der Waals surface area contributed by atoms with E-state index in [1.165, 1.54) is 29.8 Å². The molecule has 57 heavy (non-hydrogen) atoms. The van der Waals surface area contributed by atoms with Gasteiger partial charge in [0, 0.05) is 32.6 Å². The summed E-state index contributed by atoms with van der Waals surface area (Å²) in [5, 5.41) is 7.58. The van der Waals surface area contributed by atoms with E-state index in [1.807, 2.05) is 6.92 Å². The number of hydrogen-bond donors (Lipinski definition) is 4. The molecular formula is C38H51F2N7O10. The van der Waals surface area contributed by atoms with E-state index in [-0.39, 0.29) is 31.5 Å². The Labute approximate surface area is 329 Å². The number of hydrogen-bond acceptors (Lipinski definition) is 11. The molecule has 0 unspecified atom stereocenters. The van der Waals surface area contributed by atoms with E-state index in [0.717, 1.165) is 29.9 Å². The van der Waals surface area contributed by atoms with E-state index in [0.29, 0.717) is 25.3 Å². The van der Waals surface area contributed by atoms with E-state index < -0.39 is 121 Å². The minimum atomic E-state index is -1.65. The number of benzene rings is 1. The molecule has 0 aromatic heterocycles. The Morgan fingerprint density at radius 2 is 1.65 bits per heavy atom. The summed E-state index contributed by atoms with van der Waals surface area (Å²) in [6.45, 7) is 1.65. The van der Waals surface area contributed by atoms with Gasteiger partial charge in [-0.3, -0.25) is 33.6 Å². The second-order valence-corrected chi connectivity index (χ2v) is 14.2. The smallest absolute Gasteiger partial charge is 0.328 e. The van der Waals surface area contributed by atoms with Crippen LogP contribution in [0, 0.1) is 11.6 Å². The van der Waals surface area contributed by atoms with Gasteiger partial charge in [0.15, 0.2) is 0 Å². The van der Waals surface area contributed by atoms with Crippen LogP contribution in [0.15, 0.2) is 30.4 Å². The van der Waals surface area contributed by atoms with E-state index in [2.05, 4.69) is 16.0 Å². The predicted octanol–water partition coefficient (Wildman–Crippen LogP) is -0.404. The van der Waals surface area contributed by atoms with Crippen LogP contribution in [0.1, 0.15) is 64.4 Å². The molecule has 0 aliphatic carbocycles. The number of ether oxygens (including phenoxy) is 2. The van der Waals surface area contributed by atoms with Crippen molar-refractivity contribution in [2.24, 2.45) is 5.73 Å². The summed E-state index contributed by atoms with van der Waals surface area (Å²) in [6.07, 6.45) is 5.74. The van der Waals surface area contributed by atoms with Crippen LogP contribution in [0.4, 0.5) is 8.78 Å². The van der Waals surface area contributed by atoms with Gasteiger partial charge in [0.1, 0.15) is 61.1 Å². The zero-order valence-corrected chi connectivity index (χ0v) is 32.3. The van der Waals surface area contributed by atoms with Crippen LogP contribution in [-0.4, -0.2) is 138 Å². The third-order valence-corrected chi connectivity index (χ3v) is 10.0. The van der Waals surface area contributed by atoms with Gasteiger partial charge in [-0.05, 0) is 62.8 Å². The molecule has 312 valence electrons. The molecule has 0 spiro atoms. The first kappa shape index (κ1) is 44.3. The maximum absolute atomic E-state index is 14.4. The largest absolute Gasteiger partial charge is 0.462 e. The van der Waals surface area contributed by atoms with Crippen LogP contribution in [0.3, 0.4) is 0 Å². The second kappa shape index (κ2) is 20.6. The van der Waals surface area contributed by atoms with E-state index in [1.54, 1.807) is 6.08 Å². The van der Waals surface area contributed by atoms with Crippen molar-refractivity contribution < 1.29 is 56.6 Å². The molecule has 6 amide bonds. The highest BCUT2D eigenvalue weighted by Crippen LogP contribution is 2.24. The number of unbranched alkanes of at least 4 members (excludes halogenated alkanes) is 2. The summed E-state index contributed by atoms with van der Waals surface area (Å²) in [5.41, 5.74) is 5.38. The molecule has 1 aromatic rings. The molecular weight excluding hydrogens is 752 g/mol. The second-order valence-electron chi connectivity index (χ2n) is 14.2. The summed E-state index contributed by atoms with van der Waals surface area (Å²) < 4.78 is 39.1. The summed E-state index contributed by atoms with van der Waals surface area (Å²) in [4.78, 5) is 111. The van der Waals surface area contributed by atoms with Crippen molar-refractivity contribution in [2.75, 3.05) is 39.9 Å². The van der Waals surface area contributed by atoms with Gasteiger partial charge in [-0.1, -0.05) is 25.8 Å². The van der Waals surface area contributed by atoms with Crippen molar-refractivity contribution in [3.05, 3.63) is 47.5 Å². The summed E-state index contributed by atoms with van der Waals surface area (Å²) in [7, 11) is 1.27. The van der Waals surface area contributed by atoms with Crippen LogP contribution >= 0.6 is 0 Å². The Kier molecular flexibility index (Phi) is 16.0. The third-order valence-electron chi connectivity index (χ3n) is 10.0. The lowest BCUT2D eigenvalue weighted by Crippen LogP contribution is -2.61. The molecule has 0 saturated carbocycles. The van der Waals surface area contributed by atoms with Gasteiger partial charge in [0.05, 0.1) is 6.54 Å². The third kappa shape index (κ3) is 11.8. The van der Waals surface area contributed by atoms with Crippen LogP contribution in [0.2, 0.25) is 0 Å². The molecule has 17 nitrogen and oxygen atoms in total. The molecule has 0 bridgehead atoms. The minimum absolute atomic E-state index is 0.0165. The molecule has 1 aromatic carbocycles. The maximum Gasteiger partial charge on any atom is 0.328 e. The summed E-state index contributed by atoms with van der Waals surface area (Å²) >= 11 is 0. The number of nitrogens with two attached hydrogens (primary N) is 1. The van der Waals surface area contributed by atoms with Gasteiger partial charge in [0.2, 0.25) is 35.4 Å². The van der Waals surface area contributed by atoms with E-state index in [4.69, 9.17) is 15.2 Å². The van der Waals surface area contributed by atoms with Gasteiger partial charge in [-0.25, -0.2) is 13.6 Å². The molecule has 0 radical (unpaired) electrons. The molecule has 3 heterocycles. The number of rotatable bonds is 12. The average Bonchev–Trinajstić information content (AvgIpc) is 3.87. The number of cyclic esters (lactones) is 1. The van der Waals surface area contributed by atoms with Crippen molar-refractivity contribution in [3.8, 4) is 0 Å². The monoisotopic (exact) mass is 803 g/mol. The van der Waals surface area contributed by atoms with Gasteiger partial charge in [0.25, 0.3) is 0 Å². The van der Waals surface area contributed by atoms with Crippen LogP contribution in [0.25, 0.3) is 0 Å². The Bertz CT molecular complexity index is 1710. The number of likely N-dealkylation sites (N-methyl/N-ethyl adjacent to an activating group) is 1. The van der Waals surface area contributed by atoms with Crippen molar-refractivity contribution >= 4 is 47.4 Å². The van der Waals surface area contributed by atoms with Crippen molar-refractivity contribution in [1.29, 1.82) is 0 Å². The first-order valence-electron chi connectivity index (χ1n) is 19.1. The number of esters is 2. The van der Waals surface area contributed by atoms with Crippen LogP contribution < -0.4 is 21.7 Å². The molecule has 4 rings (SSSR count). The number of halogens is 2. The number of fused-ring (bicyclic) bond motifs is 2. The fourth-order valence-electron chi connectivity index (χ4n) is 6.98. The minimum Gasteiger partial charge on any atom is -0.462 e. The van der Waals surface area contributed by atoms with Gasteiger partial charge in [-0.2, -0.15) is 0 Å². The quantitative estimate of drug-likeness (QED) is 0.121. The number of carbonyl (C=O) groups is 8. The van der Waals surface area contributed by atoms with Crippen molar-refractivity contribution in [1.82, 2.24) is 30.7 Å². The lowest BCUT2D eigenvalue weighted by Gasteiger charge is -2.35. The predicted molar refractivity (Wildman–Crippen MR) is 197 cm³/mol. The highest BCUT2D eigenvalue weighted by atomic mass is 19.1. The lowest BCUT2D eigenvalue weighted by atomic mass is 10.0. The summed E-state index contributed by atoms with van der Waals surface area (Å²) in [5.74, 6) is -8.33. The Morgan fingerprint density at radius 3 is 2.30 bits per heavy atom. The van der Waals surface area contributed by atoms with Crippen LogP contribution in [-0.2, 0) is 54.3 Å². The van der Waals surface area contributed by atoms with Crippen LogP contribution in [0.5, 0.6) is 0 Å². The Balaban J connectivity index is 1.70. The molecule has 3 aliphatic rings. The average molecular weight is 804 g/mol. The number of nitrogens with zero attached hydrogens (tertiary/aromatic N) is 3. The molecule has 19 heteroatoms. The SMILES string of the molecule is CCCC/C=C/C(=O)N[C@@H](Cc1cc(F)cc(F)c1)C(=O)N[C@H]1COC(=O)[C@@H]2CCCN2C(=O)[C@H](C)NC(=O)[C@H](COC(=O)CN)N(C)C(=O)[C@@H]2CCCN2C1=O. The molecule has 3 saturated heterocycles. The van der Waals surface area contributed by atoms with E-state index >= 15 is 0 Å². The Hall–Kier alpha value is -5.46. The zero-order valence-electron chi connectivity index (χ0n) is 32.3. The number of carbonyl (C=O) groups excluding carboxylic acids is 8. The molecule has 5 N–H and O–H groups in total. The lowest BCUT2D eigenvalue weighted by molar-refractivity contribution is -0.158. The van der Waals surface area contributed by atoms with Gasteiger partial charge in [-0.15, -0.1) is 0 Å². The molecule has 6 atom stereocenters. The summed E-state index contributed by atoms with van der Waals surface area (Å²) in [6, 6.07) is -5.45. The maximum atomic E-state index is 14.4. The standard InChI is InChI=1S/C38H51F2N7O10/c1-4-5-6-7-12-31(48)43-26(17-23-15-24(39)18-25(40)16-23)33(50)44-27-20-57-38(55)29-11-9-14-47(29)35(52)22(2)42-34(51)30(21-56-32(49)19-41)45(3)37(54)28-10-8-13-46(28)36(27)53/h7,12,15-16,18,22,26-30H,4-6,8-11,13-14,17,19-21,41H2,1-3H3,(H,42,51)(H,43,48)(H,44,50)/b12-7+/t22-,26-,27-,28-,29-,30-/m0/s1. The first-order valence-corrected chi connectivity index (χ1v) is 19.1.